The van der Waals surface area contributed by atoms with E-state index in [0.29, 0.717) is 0 Å². The molecule has 0 aromatic heterocycles. The van der Waals surface area contributed by atoms with E-state index in [9.17, 15) is 0 Å². The summed E-state index contributed by atoms with van der Waals surface area (Å²) in [6.07, 6.45) is 3.17. The Bertz CT molecular complexity index is 112. The van der Waals surface area contributed by atoms with Crippen molar-refractivity contribution in [1.29, 1.82) is 0 Å². The van der Waals surface area contributed by atoms with Crippen molar-refractivity contribution in [2.45, 2.75) is 33.1 Å². The highest BCUT2D eigenvalue weighted by molar-refractivity contribution is 4.90. The van der Waals surface area contributed by atoms with E-state index in [1.807, 2.05) is 0 Å². The molecule has 0 bridgehead atoms. The molecule has 0 aliphatic heterocycles. The van der Waals surface area contributed by atoms with Crippen molar-refractivity contribution in [1.82, 2.24) is 5.32 Å². The fraction of sp³-hybridized carbons (Fsp3) is 0.800. The minimum absolute atomic E-state index is 0.795. The molecular formula is C10H21NO. The first-order chi connectivity index (χ1) is 5.81. The Kier molecular flexibility index (Phi) is 8.24. The van der Waals surface area contributed by atoms with E-state index in [1.54, 1.807) is 0 Å². The van der Waals surface area contributed by atoms with Gasteiger partial charge in [-0.3, -0.25) is 0 Å². The van der Waals surface area contributed by atoms with Gasteiger partial charge in [-0.25, -0.2) is 0 Å². The Hall–Kier alpha value is -0.500. The van der Waals surface area contributed by atoms with Gasteiger partial charge >= 0.3 is 0 Å². The highest BCUT2D eigenvalue weighted by Gasteiger charge is 1.91. The maximum Gasteiger partial charge on any atom is 0.0520 e. The normalized spacial score (nSPS) is 9.83. The zero-order valence-electron chi connectivity index (χ0n) is 8.36. The molecule has 0 spiro atoms. The van der Waals surface area contributed by atoms with Crippen LogP contribution in [0.4, 0.5) is 0 Å². The first kappa shape index (κ1) is 11.5. The quantitative estimate of drug-likeness (QED) is 0.566. The van der Waals surface area contributed by atoms with Crippen LogP contribution < -0.4 is 5.32 Å². The summed E-state index contributed by atoms with van der Waals surface area (Å²) < 4.78 is 5.33. The summed E-state index contributed by atoms with van der Waals surface area (Å²) in [7, 11) is 0. The average molecular weight is 171 g/mol. The lowest BCUT2D eigenvalue weighted by Gasteiger charge is -2.08. The van der Waals surface area contributed by atoms with Gasteiger partial charge in [0.1, 0.15) is 0 Å². The van der Waals surface area contributed by atoms with Crippen LogP contribution >= 0.6 is 0 Å². The first-order valence-corrected chi connectivity index (χ1v) is 4.80. The van der Waals surface area contributed by atoms with Crippen molar-refractivity contribution in [3.8, 4) is 0 Å². The number of ether oxygens (including phenoxy) is 1. The van der Waals surface area contributed by atoms with Crippen LogP contribution in [0.1, 0.15) is 33.1 Å². The van der Waals surface area contributed by atoms with Crippen LogP contribution in [0.3, 0.4) is 0 Å². The molecule has 0 saturated heterocycles. The molecule has 72 valence electrons. The van der Waals surface area contributed by atoms with Crippen LogP contribution in [0.2, 0.25) is 0 Å². The maximum atomic E-state index is 5.33. The van der Waals surface area contributed by atoms with E-state index in [1.165, 1.54) is 0 Å². The fourth-order valence-corrected chi connectivity index (χ4v) is 0.832. The predicted molar refractivity (Wildman–Crippen MR) is 53.2 cm³/mol. The molecule has 1 N–H and O–H groups in total. The second kappa shape index (κ2) is 8.60. The highest BCUT2D eigenvalue weighted by Crippen LogP contribution is 1.94. The van der Waals surface area contributed by atoms with Crippen molar-refractivity contribution in [3.05, 3.63) is 12.3 Å². The van der Waals surface area contributed by atoms with Crippen LogP contribution in [0.15, 0.2) is 12.3 Å². The Morgan fingerprint density at radius 1 is 1.25 bits per heavy atom. The Morgan fingerprint density at radius 2 is 2.00 bits per heavy atom. The molecule has 2 nitrogen and oxygen atoms in total. The van der Waals surface area contributed by atoms with Crippen LogP contribution in [-0.2, 0) is 4.74 Å². The molecule has 0 unspecified atom stereocenters. The summed E-state index contributed by atoms with van der Waals surface area (Å²) in [6.45, 7) is 10.8. The molecule has 12 heavy (non-hydrogen) atoms. The van der Waals surface area contributed by atoms with Gasteiger partial charge < -0.3 is 10.1 Å². The lowest BCUT2D eigenvalue weighted by atomic mass is 10.3. The van der Waals surface area contributed by atoms with Crippen LogP contribution in [0, 0.1) is 0 Å². The van der Waals surface area contributed by atoms with E-state index in [-0.39, 0.29) is 0 Å². The molecule has 0 amide bonds. The Balaban J connectivity index is 3.08. The van der Waals surface area contributed by atoms with Gasteiger partial charge in [-0.1, -0.05) is 20.4 Å². The summed E-state index contributed by atoms with van der Waals surface area (Å²) in [4.78, 5) is 0. The topological polar surface area (TPSA) is 21.3 Å². The summed E-state index contributed by atoms with van der Waals surface area (Å²) >= 11 is 0. The number of nitrogens with one attached hydrogen (secondary N) is 1. The van der Waals surface area contributed by atoms with Gasteiger partial charge in [0.25, 0.3) is 0 Å². The third-order valence-electron chi connectivity index (χ3n) is 1.52. The van der Waals surface area contributed by atoms with Crippen LogP contribution in [0.5, 0.6) is 0 Å². The molecule has 0 aromatic carbocycles. The lowest BCUT2D eigenvalue weighted by Crippen LogP contribution is -2.14. The van der Waals surface area contributed by atoms with Crippen molar-refractivity contribution < 1.29 is 4.74 Å². The minimum Gasteiger partial charge on any atom is -0.389 e. The third-order valence-corrected chi connectivity index (χ3v) is 1.52. The van der Waals surface area contributed by atoms with Gasteiger partial charge in [-0.05, 0) is 12.8 Å². The van der Waals surface area contributed by atoms with Crippen molar-refractivity contribution in [3.63, 3.8) is 0 Å². The van der Waals surface area contributed by atoms with E-state index in [0.717, 1.165) is 44.7 Å². The fourth-order valence-electron chi connectivity index (χ4n) is 0.832. The summed E-state index contributed by atoms with van der Waals surface area (Å²) in [5.74, 6) is 0. The molecule has 0 aromatic rings. The van der Waals surface area contributed by atoms with Crippen molar-refractivity contribution in [2.24, 2.45) is 0 Å². The first-order valence-electron chi connectivity index (χ1n) is 4.80. The van der Waals surface area contributed by atoms with Gasteiger partial charge in [0.05, 0.1) is 6.61 Å². The number of hydrogen-bond donors (Lipinski definition) is 1. The summed E-state index contributed by atoms with van der Waals surface area (Å²) in [6, 6.07) is 0. The predicted octanol–water partition coefficient (Wildman–Crippen LogP) is 2.32. The molecular weight excluding hydrogens is 150 g/mol. The zero-order valence-corrected chi connectivity index (χ0v) is 8.36. The van der Waals surface area contributed by atoms with E-state index >= 15 is 0 Å². The van der Waals surface area contributed by atoms with E-state index in [4.69, 9.17) is 4.74 Å². The smallest absolute Gasteiger partial charge is 0.0520 e. The summed E-state index contributed by atoms with van der Waals surface area (Å²) in [5.41, 5.74) is 1.09. The monoisotopic (exact) mass is 171 g/mol. The van der Waals surface area contributed by atoms with Crippen LogP contribution in [0.25, 0.3) is 0 Å². The van der Waals surface area contributed by atoms with Gasteiger partial charge in [0, 0.05) is 25.3 Å². The van der Waals surface area contributed by atoms with E-state index in [2.05, 4.69) is 25.7 Å². The zero-order chi connectivity index (χ0) is 9.23. The Morgan fingerprint density at radius 3 is 2.58 bits per heavy atom. The minimum atomic E-state index is 0.795. The lowest BCUT2D eigenvalue weighted by molar-refractivity contribution is 0.137. The number of rotatable bonds is 8. The summed E-state index contributed by atoms with van der Waals surface area (Å²) in [5, 5.41) is 3.23. The third kappa shape index (κ3) is 7.61. The Labute approximate surface area is 76.0 Å². The molecule has 0 radical (unpaired) electrons. The molecule has 0 atom stereocenters. The van der Waals surface area contributed by atoms with E-state index < -0.39 is 0 Å². The van der Waals surface area contributed by atoms with Crippen molar-refractivity contribution >= 4 is 0 Å². The standard InChI is InChI=1S/C10H21NO/c1-4-7-11-10(3)6-9-12-8-5-2/h11H,3-9H2,1-2H3. The van der Waals surface area contributed by atoms with Crippen molar-refractivity contribution in [2.75, 3.05) is 19.8 Å². The van der Waals surface area contributed by atoms with Gasteiger partial charge in [-0.15, -0.1) is 0 Å². The second-order valence-corrected chi connectivity index (χ2v) is 2.89. The molecule has 0 fully saturated rings. The molecule has 2 heteroatoms. The number of hydrogen-bond acceptors (Lipinski definition) is 2. The van der Waals surface area contributed by atoms with Gasteiger partial charge in [-0.2, -0.15) is 0 Å². The average Bonchev–Trinajstić information content (AvgIpc) is 2.09. The van der Waals surface area contributed by atoms with Gasteiger partial charge in [0.2, 0.25) is 0 Å². The molecule has 0 saturated carbocycles. The molecule has 0 rings (SSSR count). The van der Waals surface area contributed by atoms with Crippen LogP contribution in [-0.4, -0.2) is 19.8 Å². The largest absolute Gasteiger partial charge is 0.389 e. The van der Waals surface area contributed by atoms with Gasteiger partial charge in [0.15, 0.2) is 0 Å². The maximum absolute atomic E-state index is 5.33. The highest BCUT2D eigenvalue weighted by atomic mass is 16.5. The SMILES string of the molecule is C=C(CCOCCC)NCCC. The molecule has 0 aliphatic carbocycles. The molecule has 0 aliphatic rings. The second-order valence-electron chi connectivity index (χ2n) is 2.89. The molecule has 0 heterocycles.